The number of hydrogen-bond donors (Lipinski definition) is 0. The molecule has 0 heterocycles. The van der Waals surface area contributed by atoms with E-state index in [-0.39, 0.29) is 0 Å². The number of rotatable bonds is 2. The summed E-state index contributed by atoms with van der Waals surface area (Å²) in [7, 11) is 0. The van der Waals surface area contributed by atoms with Gasteiger partial charge in [0.05, 0.1) is 0 Å². The van der Waals surface area contributed by atoms with Gasteiger partial charge in [-0.1, -0.05) is 35.9 Å². The average molecular weight is 226 g/mol. The fourth-order valence-corrected chi connectivity index (χ4v) is 2.11. The van der Waals surface area contributed by atoms with Crippen LogP contribution in [0.4, 0.5) is 0 Å². The zero-order valence-corrected chi connectivity index (χ0v) is 10.9. The highest BCUT2D eigenvalue weighted by Crippen LogP contribution is 2.31. The summed E-state index contributed by atoms with van der Waals surface area (Å²) in [5.41, 5.74) is 4.81. The van der Waals surface area contributed by atoms with E-state index in [0.29, 0.717) is 0 Å². The third-order valence-electron chi connectivity index (χ3n) is 2.91. The van der Waals surface area contributed by atoms with Crippen molar-refractivity contribution in [3.8, 4) is 11.5 Å². The lowest BCUT2D eigenvalue weighted by atomic mass is 10.1. The Morgan fingerprint density at radius 3 is 1.94 bits per heavy atom. The lowest BCUT2D eigenvalue weighted by molar-refractivity contribution is 0.471. The van der Waals surface area contributed by atoms with Gasteiger partial charge in [-0.05, 0) is 50.5 Å². The number of hydrogen-bond acceptors (Lipinski definition) is 1. The second kappa shape index (κ2) is 4.62. The monoisotopic (exact) mass is 226 g/mol. The molecule has 17 heavy (non-hydrogen) atoms. The lowest BCUT2D eigenvalue weighted by Crippen LogP contribution is -1.93. The predicted octanol–water partition coefficient (Wildman–Crippen LogP) is 4.71. The van der Waals surface area contributed by atoms with Crippen molar-refractivity contribution in [2.45, 2.75) is 27.7 Å². The molecule has 0 spiro atoms. The maximum absolute atomic E-state index is 6.03. The Hall–Kier alpha value is -1.76. The second-order valence-corrected chi connectivity index (χ2v) is 4.60. The predicted molar refractivity (Wildman–Crippen MR) is 71.9 cm³/mol. The standard InChI is InChI=1S/C16H18O/c1-11-9-13(3)16(14(4)10-11)17-15-8-6-5-7-12(15)2/h5-10H,1-4H3. The highest BCUT2D eigenvalue weighted by Gasteiger charge is 2.07. The zero-order valence-electron chi connectivity index (χ0n) is 10.9. The van der Waals surface area contributed by atoms with Gasteiger partial charge in [0.2, 0.25) is 0 Å². The van der Waals surface area contributed by atoms with E-state index in [9.17, 15) is 0 Å². The molecule has 0 saturated heterocycles. The third kappa shape index (κ3) is 2.50. The molecule has 2 rings (SSSR count). The topological polar surface area (TPSA) is 9.23 Å². The fourth-order valence-electron chi connectivity index (χ4n) is 2.11. The molecule has 0 radical (unpaired) electrons. The average Bonchev–Trinajstić information content (AvgIpc) is 2.25. The number of aryl methyl sites for hydroxylation is 4. The Morgan fingerprint density at radius 1 is 0.765 bits per heavy atom. The van der Waals surface area contributed by atoms with Gasteiger partial charge in [0, 0.05) is 0 Å². The first kappa shape index (κ1) is 11.7. The Morgan fingerprint density at radius 2 is 1.35 bits per heavy atom. The Kier molecular flexibility index (Phi) is 3.19. The van der Waals surface area contributed by atoms with E-state index >= 15 is 0 Å². The molecule has 2 aromatic rings. The van der Waals surface area contributed by atoms with E-state index in [1.165, 1.54) is 16.7 Å². The van der Waals surface area contributed by atoms with Crippen LogP contribution in [0.25, 0.3) is 0 Å². The summed E-state index contributed by atoms with van der Waals surface area (Å²) in [6.07, 6.45) is 0. The smallest absolute Gasteiger partial charge is 0.133 e. The van der Waals surface area contributed by atoms with Crippen molar-refractivity contribution < 1.29 is 4.74 Å². The van der Waals surface area contributed by atoms with E-state index in [2.05, 4.69) is 45.9 Å². The first-order valence-corrected chi connectivity index (χ1v) is 5.89. The van der Waals surface area contributed by atoms with E-state index in [1.807, 2.05) is 18.2 Å². The van der Waals surface area contributed by atoms with Crippen LogP contribution in [0.5, 0.6) is 11.5 Å². The summed E-state index contributed by atoms with van der Waals surface area (Å²) in [6.45, 7) is 8.35. The van der Waals surface area contributed by atoms with Crippen LogP contribution in [0, 0.1) is 27.7 Å². The molecule has 0 aliphatic rings. The third-order valence-corrected chi connectivity index (χ3v) is 2.91. The van der Waals surface area contributed by atoms with Gasteiger partial charge < -0.3 is 4.74 Å². The highest BCUT2D eigenvalue weighted by atomic mass is 16.5. The molecule has 1 heteroatoms. The first-order chi connectivity index (χ1) is 8.08. The minimum Gasteiger partial charge on any atom is -0.457 e. The number of benzene rings is 2. The minimum atomic E-state index is 0.933. The van der Waals surface area contributed by atoms with E-state index < -0.39 is 0 Å². The molecule has 0 aliphatic carbocycles. The Bertz CT molecular complexity index is 518. The first-order valence-electron chi connectivity index (χ1n) is 5.89. The molecule has 0 fully saturated rings. The largest absolute Gasteiger partial charge is 0.457 e. The van der Waals surface area contributed by atoms with E-state index in [1.54, 1.807) is 0 Å². The van der Waals surface area contributed by atoms with Crippen molar-refractivity contribution in [1.82, 2.24) is 0 Å². The van der Waals surface area contributed by atoms with Crippen LogP contribution in [-0.4, -0.2) is 0 Å². The van der Waals surface area contributed by atoms with Crippen LogP contribution in [0.15, 0.2) is 36.4 Å². The summed E-state index contributed by atoms with van der Waals surface area (Å²) in [4.78, 5) is 0. The van der Waals surface area contributed by atoms with Gasteiger partial charge >= 0.3 is 0 Å². The molecule has 88 valence electrons. The molecular weight excluding hydrogens is 208 g/mol. The SMILES string of the molecule is Cc1cc(C)c(Oc2ccccc2C)c(C)c1. The molecule has 2 aromatic carbocycles. The normalized spacial score (nSPS) is 10.4. The van der Waals surface area contributed by atoms with Crippen molar-refractivity contribution >= 4 is 0 Å². The van der Waals surface area contributed by atoms with Gasteiger partial charge in [0.25, 0.3) is 0 Å². The Balaban J connectivity index is 2.40. The molecule has 0 amide bonds. The van der Waals surface area contributed by atoms with Crippen molar-refractivity contribution in [1.29, 1.82) is 0 Å². The summed E-state index contributed by atoms with van der Waals surface area (Å²) in [5.74, 6) is 1.91. The number of ether oxygens (including phenoxy) is 1. The molecule has 0 unspecified atom stereocenters. The molecule has 0 aliphatic heterocycles. The van der Waals surface area contributed by atoms with Crippen LogP contribution < -0.4 is 4.74 Å². The fraction of sp³-hybridized carbons (Fsp3) is 0.250. The molecular formula is C16H18O. The lowest BCUT2D eigenvalue weighted by Gasteiger charge is -2.14. The van der Waals surface area contributed by atoms with Gasteiger partial charge in [-0.15, -0.1) is 0 Å². The van der Waals surface area contributed by atoms with Crippen LogP contribution in [0.2, 0.25) is 0 Å². The van der Waals surface area contributed by atoms with E-state index in [4.69, 9.17) is 4.74 Å². The molecule has 0 bridgehead atoms. The molecule has 0 aromatic heterocycles. The summed E-state index contributed by atoms with van der Waals surface area (Å²) in [6, 6.07) is 12.4. The molecule has 0 N–H and O–H groups in total. The quantitative estimate of drug-likeness (QED) is 0.720. The van der Waals surface area contributed by atoms with Crippen molar-refractivity contribution in [2.75, 3.05) is 0 Å². The molecule has 1 nitrogen and oxygen atoms in total. The summed E-state index contributed by atoms with van der Waals surface area (Å²) in [5, 5.41) is 0. The maximum Gasteiger partial charge on any atom is 0.133 e. The van der Waals surface area contributed by atoms with Crippen molar-refractivity contribution in [2.24, 2.45) is 0 Å². The van der Waals surface area contributed by atoms with Crippen LogP contribution in [0.1, 0.15) is 22.3 Å². The zero-order chi connectivity index (χ0) is 12.4. The Labute approximate surface area is 103 Å². The highest BCUT2D eigenvalue weighted by molar-refractivity contribution is 5.46. The number of para-hydroxylation sites is 1. The van der Waals surface area contributed by atoms with Gasteiger partial charge in [-0.2, -0.15) is 0 Å². The van der Waals surface area contributed by atoms with Gasteiger partial charge in [-0.25, -0.2) is 0 Å². The summed E-state index contributed by atoms with van der Waals surface area (Å²) >= 11 is 0. The van der Waals surface area contributed by atoms with Crippen LogP contribution in [-0.2, 0) is 0 Å². The summed E-state index contributed by atoms with van der Waals surface area (Å²) < 4.78 is 6.03. The van der Waals surface area contributed by atoms with Crippen LogP contribution >= 0.6 is 0 Å². The maximum atomic E-state index is 6.03. The van der Waals surface area contributed by atoms with Gasteiger partial charge in [-0.3, -0.25) is 0 Å². The van der Waals surface area contributed by atoms with Gasteiger partial charge in [0.1, 0.15) is 11.5 Å². The van der Waals surface area contributed by atoms with Gasteiger partial charge in [0.15, 0.2) is 0 Å². The van der Waals surface area contributed by atoms with Crippen molar-refractivity contribution in [3.63, 3.8) is 0 Å². The minimum absolute atomic E-state index is 0.933. The second-order valence-electron chi connectivity index (χ2n) is 4.60. The van der Waals surface area contributed by atoms with E-state index in [0.717, 1.165) is 17.1 Å². The molecule has 0 atom stereocenters. The van der Waals surface area contributed by atoms with Crippen molar-refractivity contribution in [3.05, 3.63) is 58.7 Å². The molecule has 0 saturated carbocycles. The van der Waals surface area contributed by atoms with Crippen LogP contribution in [0.3, 0.4) is 0 Å².